The molecule has 21 heavy (non-hydrogen) atoms. The molecule has 0 aromatic heterocycles. The number of nitrogen functional groups attached to an aromatic ring is 1. The maximum Gasteiger partial charge on any atom is 0.142 e. The zero-order valence-electron chi connectivity index (χ0n) is 11.6. The van der Waals surface area contributed by atoms with Crippen LogP contribution in [0.3, 0.4) is 0 Å². The molecular weight excluding hydrogens is 402 g/mol. The van der Waals surface area contributed by atoms with E-state index in [1.807, 2.05) is 6.07 Å². The molecule has 3 N–H and O–H groups in total. The van der Waals surface area contributed by atoms with E-state index in [4.69, 9.17) is 15.2 Å². The Balaban J connectivity index is 2.55. The number of hydrogen-bond donors (Lipinski definition) is 2. The van der Waals surface area contributed by atoms with Gasteiger partial charge in [-0.1, -0.05) is 15.9 Å². The number of nitrogens with two attached hydrogens (primary N) is 1. The van der Waals surface area contributed by atoms with Crippen molar-refractivity contribution in [1.29, 1.82) is 0 Å². The third kappa shape index (κ3) is 3.17. The Hall–Kier alpha value is -1.24. The number of halogens is 2. The van der Waals surface area contributed by atoms with Crippen molar-refractivity contribution < 1.29 is 14.6 Å². The quantitative estimate of drug-likeness (QED) is 0.742. The minimum absolute atomic E-state index is 0.514. The van der Waals surface area contributed by atoms with Gasteiger partial charge in [-0.05, 0) is 46.3 Å². The molecule has 6 heteroatoms. The summed E-state index contributed by atoms with van der Waals surface area (Å²) in [5.41, 5.74) is 7.69. The number of aliphatic hydroxyl groups excluding tert-OH is 1. The topological polar surface area (TPSA) is 64.7 Å². The summed E-state index contributed by atoms with van der Waals surface area (Å²) >= 11 is 6.81. The molecule has 0 aliphatic carbocycles. The zero-order chi connectivity index (χ0) is 15.6. The molecule has 4 nitrogen and oxygen atoms in total. The van der Waals surface area contributed by atoms with E-state index >= 15 is 0 Å². The van der Waals surface area contributed by atoms with Crippen LogP contribution < -0.4 is 15.2 Å². The standard InChI is InChI=1S/C15H15Br2NO3/c1-20-12-6-4-9(15(21-2)13(12)17)14(19)10-7-8(16)3-5-11(10)18/h3-7,14,19H,18H2,1-2H3. The largest absolute Gasteiger partial charge is 0.495 e. The highest BCUT2D eigenvalue weighted by molar-refractivity contribution is 9.11. The molecule has 0 heterocycles. The Bertz CT molecular complexity index is 662. The molecule has 0 radical (unpaired) electrons. The Morgan fingerprint density at radius 2 is 1.76 bits per heavy atom. The lowest BCUT2D eigenvalue weighted by Crippen LogP contribution is -2.06. The van der Waals surface area contributed by atoms with E-state index in [0.717, 1.165) is 4.47 Å². The first-order chi connectivity index (χ1) is 9.99. The van der Waals surface area contributed by atoms with Crippen LogP contribution in [0.4, 0.5) is 5.69 Å². The number of benzene rings is 2. The van der Waals surface area contributed by atoms with E-state index in [0.29, 0.717) is 32.8 Å². The van der Waals surface area contributed by atoms with Gasteiger partial charge in [-0.15, -0.1) is 0 Å². The van der Waals surface area contributed by atoms with E-state index in [-0.39, 0.29) is 0 Å². The normalized spacial score (nSPS) is 12.0. The fraction of sp³-hybridized carbons (Fsp3) is 0.200. The third-order valence-corrected chi connectivity index (χ3v) is 4.40. The highest BCUT2D eigenvalue weighted by Gasteiger charge is 2.21. The number of hydrogen-bond acceptors (Lipinski definition) is 4. The second kappa shape index (κ2) is 6.68. The molecule has 0 fully saturated rings. The van der Waals surface area contributed by atoms with Crippen LogP contribution in [0.25, 0.3) is 0 Å². The van der Waals surface area contributed by atoms with E-state index < -0.39 is 6.10 Å². The average molecular weight is 417 g/mol. The fourth-order valence-corrected chi connectivity index (χ4v) is 3.15. The van der Waals surface area contributed by atoms with Crippen LogP contribution in [0.15, 0.2) is 39.3 Å². The summed E-state index contributed by atoms with van der Waals surface area (Å²) in [6.07, 6.45) is -0.903. The molecule has 0 saturated heterocycles. The van der Waals surface area contributed by atoms with Crippen molar-refractivity contribution in [3.63, 3.8) is 0 Å². The predicted octanol–water partition coefficient (Wildman–Crippen LogP) is 3.89. The van der Waals surface area contributed by atoms with E-state index in [1.165, 1.54) is 0 Å². The third-order valence-electron chi connectivity index (χ3n) is 3.15. The Labute approximate surface area is 140 Å². The van der Waals surface area contributed by atoms with Crippen molar-refractivity contribution in [2.45, 2.75) is 6.10 Å². The minimum atomic E-state index is -0.903. The summed E-state index contributed by atoms with van der Waals surface area (Å²) in [4.78, 5) is 0. The van der Waals surface area contributed by atoms with Gasteiger partial charge in [0.1, 0.15) is 22.1 Å². The van der Waals surface area contributed by atoms with Gasteiger partial charge in [0.25, 0.3) is 0 Å². The molecule has 0 bridgehead atoms. The fourth-order valence-electron chi connectivity index (χ4n) is 2.08. The first-order valence-electron chi connectivity index (χ1n) is 6.13. The summed E-state index contributed by atoms with van der Waals surface area (Å²) < 4.78 is 12.1. The highest BCUT2D eigenvalue weighted by Crippen LogP contribution is 2.42. The number of ether oxygens (including phenoxy) is 2. The minimum Gasteiger partial charge on any atom is -0.495 e. The first kappa shape index (κ1) is 16.1. The molecule has 0 aliphatic rings. The van der Waals surface area contributed by atoms with Crippen LogP contribution in [0.5, 0.6) is 11.5 Å². The molecule has 2 aromatic rings. The number of methoxy groups -OCH3 is 2. The lowest BCUT2D eigenvalue weighted by atomic mass is 9.99. The van der Waals surface area contributed by atoms with E-state index in [2.05, 4.69) is 31.9 Å². The van der Waals surface area contributed by atoms with Crippen molar-refractivity contribution in [2.75, 3.05) is 20.0 Å². The van der Waals surface area contributed by atoms with Crippen LogP contribution in [0, 0.1) is 0 Å². The van der Waals surface area contributed by atoms with Crippen molar-refractivity contribution in [3.8, 4) is 11.5 Å². The van der Waals surface area contributed by atoms with E-state index in [9.17, 15) is 5.11 Å². The maximum atomic E-state index is 10.7. The molecular formula is C15H15Br2NO3. The molecule has 0 saturated carbocycles. The van der Waals surface area contributed by atoms with Crippen molar-refractivity contribution >= 4 is 37.5 Å². The Kier molecular flexibility index (Phi) is 5.13. The van der Waals surface area contributed by atoms with Crippen LogP contribution >= 0.6 is 31.9 Å². The zero-order valence-corrected chi connectivity index (χ0v) is 14.7. The van der Waals surface area contributed by atoms with E-state index in [1.54, 1.807) is 38.5 Å². The van der Waals surface area contributed by atoms with Gasteiger partial charge in [0.05, 0.1) is 14.2 Å². The molecule has 0 spiro atoms. The second-order valence-corrected chi connectivity index (χ2v) is 6.09. The van der Waals surface area contributed by atoms with Gasteiger partial charge in [0.15, 0.2) is 0 Å². The summed E-state index contributed by atoms with van der Waals surface area (Å²) in [5.74, 6) is 1.14. The van der Waals surface area contributed by atoms with Crippen LogP contribution in [0.2, 0.25) is 0 Å². The summed E-state index contributed by atoms with van der Waals surface area (Å²) in [6.45, 7) is 0. The molecule has 112 valence electrons. The first-order valence-corrected chi connectivity index (χ1v) is 7.71. The number of anilines is 1. The lowest BCUT2D eigenvalue weighted by Gasteiger charge is -2.19. The monoisotopic (exact) mass is 415 g/mol. The predicted molar refractivity (Wildman–Crippen MR) is 89.9 cm³/mol. The smallest absolute Gasteiger partial charge is 0.142 e. The van der Waals surface area contributed by atoms with Crippen molar-refractivity contribution in [1.82, 2.24) is 0 Å². The van der Waals surface area contributed by atoms with Gasteiger partial charge in [0, 0.05) is 21.3 Å². The summed E-state index contributed by atoms with van der Waals surface area (Å²) in [6, 6.07) is 8.88. The van der Waals surface area contributed by atoms with Gasteiger partial charge in [-0.25, -0.2) is 0 Å². The highest BCUT2D eigenvalue weighted by atomic mass is 79.9. The van der Waals surface area contributed by atoms with Crippen LogP contribution in [-0.2, 0) is 0 Å². The number of aliphatic hydroxyl groups is 1. The SMILES string of the molecule is COc1ccc(C(O)c2cc(Br)ccc2N)c(OC)c1Br. The molecule has 0 aliphatic heterocycles. The van der Waals surface area contributed by atoms with Crippen LogP contribution in [0.1, 0.15) is 17.2 Å². The summed E-state index contributed by atoms with van der Waals surface area (Å²) in [5, 5.41) is 10.7. The van der Waals surface area contributed by atoms with Gasteiger partial charge < -0.3 is 20.3 Å². The summed E-state index contributed by atoms with van der Waals surface area (Å²) in [7, 11) is 3.11. The number of rotatable bonds is 4. The second-order valence-electron chi connectivity index (χ2n) is 4.38. The Morgan fingerprint density at radius 1 is 1.05 bits per heavy atom. The molecule has 2 rings (SSSR count). The Morgan fingerprint density at radius 3 is 2.38 bits per heavy atom. The maximum absolute atomic E-state index is 10.7. The van der Waals surface area contributed by atoms with Gasteiger partial charge in [-0.3, -0.25) is 0 Å². The van der Waals surface area contributed by atoms with Crippen LogP contribution in [-0.4, -0.2) is 19.3 Å². The molecule has 2 aromatic carbocycles. The molecule has 1 unspecified atom stereocenters. The van der Waals surface area contributed by atoms with Gasteiger partial charge in [0.2, 0.25) is 0 Å². The van der Waals surface area contributed by atoms with Crippen molar-refractivity contribution in [3.05, 3.63) is 50.4 Å². The van der Waals surface area contributed by atoms with Gasteiger partial charge in [-0.2, -0.15) is 0 Å². The average Bonchev–Trinajstić information content (AvgIpc) is 2.48. The lowest BCUT2D eigenvalue weighted by molar-refractivity contribution is 0.215. The van der Waals surface area contributed by atoms with Crippen molar-refractivity contribution in [2.24, 2.45) is 0 Å². The molecule has 0 amide bonds. The molecule has 1 atom stereocenters. The van der Waals surface area contributed by atoms with Gasteiger partial charge >= 0.3 is 0 Å².